The molecule has 2 N–H and O–H groups in total. The molecule has 1 fully saturated rings. The number of amides is 1. The second-order valence-electron chi connectivity index (χ2n) is 5.94. The topological polar surface area (TPSA) is 75.4 Å². The Bertz CT molecular complexity index is 667. The fourth-order valence-electron chi connectivity index (χ4n) is 2.80. The number of aryl methyl sites for hydroxylation is 1. The molecule has 2 heterocycles. The molecule has 1 amide bonds. The molecular weight excluding hydrogens is 322 g/mol. The van der Waals surface area contributed by atoms with Crippen LogP contribution in [0.5, 0.6) is 0 Å². The van der Waals surface area contributed by atoms with E-state index in [9.17, 15) is 4.79 Å². The maximum atomic E-state index is 12.5. The molecule has 128 valence electrons. The highest BCUT2D eigenvalue weighted by Crippen LogP contribution is 2.20. The molecule has 0 saturated carbocycles. The van der Waals surface area contributed by atoms with E-state index in [1.54, 1.807) is 0 Å². The van der Waals surface area contributed by atoms with Crippen LogP contribution in [-0.2, 0) is 11.2 Å². The minimum atomic E-state index is -0.244. The third-order valence-corrected chi connectivity index (χ3v) is 5.11. The highest BCUT2D eigenvalue weighted by atomic mass is 32.1. The molecule has 0 aliphatic carbocycles. The summed E-state index contributed by atoms with van der Waals surface area (Å²) in [7, 11) is 0. The van der Waals surface area contributed by atoms with Gasteiger partial charge in [0.1, 0.15) is 5.82 Å². The van der Waals surface area contributed by atoms with Crippen molar-refractivity contribution >= 4 is 22.6 Å². The zero-order chi connectivity index (χ0) is 16.9. The largest absolute Gasteiger partial charge is 0.343 e. The van der Waals surface area contributed by atoms with Crippen molar-refractivity contribution in [3.05, 3.63) is 41.7 Å². The van der Waals surface area contributed by atoms with E-state index in [4.69, 9.17) is 5.73 Å². The predicted molar refractivity (Wildman–Crippen MR) is 96.1 cm³/mol. The monoisotopic (exact) mass is 345 g/mol. The van der Waals surface area contributed by atoms with E-state index in [1.165, 1.54) is 11.5 Å². The summed E-state index contributed by atoms with van der Waals surface area (Å²) in [5.41, 5.74) is 7.17. The van der Waals surface area contributed by atoms with Gasteiger partial charge in [-0.25, -0.2) is 4.98 Å². The lowest BCUT2D eigenvalue weighted by Gasteiger charge is -2.34. The summed E-state index contributed by atoms with van der Waals surface area (Å²) in [5, 5.41) is 0.958. The van der Waals surface area contributed by atoms with Crippen molar-refractivity contribution in [2.45, 2.75) is 25.8 Å². The Hall–Kier alpha value is -1.99. The average molecular weight is 345 g/mol. The molecular formula is C17H23N5OS. The van der Waals surface area contributed by atoms with Crippen molar-refractivity contribution in [3.63, 3.8) is 0 Å². The van der Waals surface area contributed by atoms with E-state index in [2.05, 4.69) is 21.2 Å². The lowest BCUT2D eigenvalue weighted by Crippen LogP contribution is -2.49. The molecule has 0 radical (unpaired) electrons. The van der Waals surface area contributed by atoms with Crippen LogP contribution in [0.1, 0.15) is 30.8 Å². The van der Waals surface area contributed by atoms with Crippen molar-refractivity contribution in [2.75, 3.05) is 31.1 Å². The Morgan fingerprint density at radius 3 is 2.58 bits per heavy atom. The van der Waals surface area contributed by atoms with Gasteiger partial charge in [-0.2, -0.15) is 4.37 Å². The number of hydrogen-bond donors (Lipinski definition) is 1. The molecule has 1 aromatic carbocycles. The van der Waals surface area contributed by atoms with Crippen LogP contribution in [0.4, 0.5) is 5.13 Å². The smallest absolute Gasteiger partial charge is 0.224 e. The SMILES string of the molecule is CCc1nsc(N2CCN(C(=O)CC(N)c3ccccc3)CC2)n1. The highest BCUT2D eigenvalue weighted by molar-refractivity contribution is 7.09. The lowest BCUT2D eigenvalue weighted by atomic mass is 10.0. The maximum absolute atomic E-state index is 12.5. The first kappa shape index (κ1) is 16.9. The lowest BCUT2D eigenvalue weighted by molar-refractivity contribution is -0.131. The number of aromatic nitrogens is 2. The molecule has 1 aliphatic heterocycles. The Kier molecular flexibility index (Phi) is 5.42. The number of anilines is 1. The molecule has 0 spiro atoms. The standard InChI is InChI=1S/C17H23N5OS/c1-2-15-19-17(24-20-15)22-10-8-21(9-11-22)16(23)12-14(18)13-6-4-3-5-7-13/h3-7,14H,2,8-12,18H2,1H3. The molecule has 1 unspecified atom stereocenters. The van der Waals surface area contributed by atoms with E-state index in [0.717, 1.165) is 36.0 Å². The number of hydrogen-bond acceptors (Lipinski definition) is 6. The minimum Gasteiger partial charge on any atom is -0.343 e. The van der Waals surface area contributed by atoms with Gasteiger partial charge in [-0.3, -0.25) is 4.79 Å². The van der Waals surface area contributed by atoms with Crippen molar-refractivity contribution < 1.29 is 4.79 Å². The molecule has 1 aromatic heterocycles. The Balaban J connectivity index is 1.51. The van der Waals surface area contributed by atoms with E-state index >= 15 is 0 Å². The number of piperazine rings is 1. The van der Waals surface area contributed by atoms with E-state index in [-0.39, 0.29) is 11.9 Å². The second kappa shape index (κ2) is 7.72. The van der Waals surface area contributed by atoms with E-state index < -0.39 is 0 Å². The van der Waals surface area contributed by atoms with Crippen LogP contribution in [0.25, 0.3) is 0 Å². The van der Waals surface area contributed by atoms with Crippen molar-refractivity contribution in [2.24, 2.45) is 5.73 Å². The first-order valence-electron chi connectivity index (χ1n) is 8.33. The van der Waals surface area contributed by atoms with Gasteiger partial charge in [-0.1, -0.05) is 37.3 Å². The van der Waals surface area contributed by atoms with Gasteiger partial charge in [0.2, 0.25) is 11.0 Å². The van der Waals surface area contributed by atoms with Crippen LogP contribution in [-0.4, -0.2) is 46.3 Å². The highest BCUT2D eigenvalue weighted by Gasteiger charge is 2.24. The first-order valence-corrected chi connectivity index (χ1v) is 9.10. The molecule has 1 saturated heterocycles. The van der Waals surface area contributed by atoms with Crippen LogP contribution in [0.2, 0.25) is 0 Å². The zero-order valence-corrected chi connectivity index (χ0v) is 14.7. The van der Waals surface area contributed by atoms with Crippen molar-refractivity contribution in [1.82, 2.24) is 14.3 Å². The van der Waals surface area contributed by atoms with E-state index in [0.29, 0.717) is 19.5 Å². The van der Waals surface area contributed by atoms with Gasteiger partial charge in [-0.05, 0) is 5.56 Å². The van der Waals surface area contributed by atoms with Gasteiger partial charge in [0.25, 0.3) is 0 Å². The summed E-state index contributed by atoms with van der Waals surface area (Å²) >= 11 is 1.44. The Morgan fingerprint density at radius 1 is 1.25 bits per heavy atom. The molecule has 1 aliphatic rings. The summed E-state index contributed by atoms with van der Waals surface area (Å²) < 4.78 is 4.33. The number of benzene rings is 1. The second-order valence-corrected chi connectivity index (χ2v) is 6.67. The molecule has 7 heteroatoms. The Morgan fingerprint density at radius 2 is 1.96 bits per heavy atom. The third kappa shape index (κ3) is 3.91. The van der Waals surface area contributed by atoms with Crippen molar-refractivity contribution in [1.29, 1.82) is 0 Å². The average Bonchev–Trinajstić information content (AvgIpc) is 3.11. The molecule has 3 rings (SSSR count). The zero-order valence-electron chi connectivity index (χ0n) is 13.9. The summed E-state index contributed by atoms with van der Waals surface area (Å²) in [4.78, 5) is 21.1. The molecule has 24 heavy (non-hydrogen) atoms. The van der Waals surface area contributed by atoms with Gasteiger partial charge in [0, 0.05) is 56.6 Å². The molecule has 6 nitrogen and oxygen atoms in total. The minimum absolute atomic E-state index is 0.123. The van der Waals surface area contributed by atoms with Gasteiger partial charge >= 0.3 is 0 Å². The van der Waals surface area contributed by atoms with Gasteiger partial charge in [0.05, 0.1) is 0 Å². The van der Waals surface area contributed by atoms with E-state index in [1.807, 2.05) is 35.2 Å². The number of carbonyl (C=O) groups is 1. The molecule has 2 aromatic rings. The fraction of sp³-hybridized carbons (Fsp3) is 0.471. The number of nitrogens with two attached hydrogens (primary N) is 1. The van der Waals surface area contributed by atoms with Crippen LogP contribution in [0.3, 0.4) is 0 Å². The van der Waals surface area contributed by atoms with Crippen LogP contribution >= 0.6 is 11.5 Å². The number of carbonyl (C=O) groups excluding carboxylic acids is 1. The van der Waals surface area contributed by atoms with Gasteiger partial charge < -0.3 is 15.5 Å². The fourth-order valence-corrected chi connectivity index (χ4v) is 3.60. The summed E-state index contributed by atoms with van der Waals surface area (Å²) in [6, 6.07) is 9.55. The normalized spacial score (nSPS) is 16.2. The van der Waals surface area contributed by atoms with Crippen LogP contribution in [0, 0.1) is 0 Å². The summed E-state index contributed by atoms with van der Waals surface area (Å²) in [6.45, 7) is 5.07. The van der Waals surface area contributed by atoms with Gasteiger partial charge in [-0.15, -0.1) is 0 Å². The third-order valence-electron chi connectivity index (χ3n) is 4.30. The number of rotatable bonds is 5. The van der Waals surface area contributed by atoms with Crippen LogP contribution in [0.15, 0.2) is 30.3 Å². The van der Waals surface area contributed by atoms with Gasteiger partial charge in [0.15, 0.2) is 0 Å². The number of nitrogens with zero attached hydrogens (tertiary/aromatic N) is 4. The Labute approximate surface area is 146 Å². The first-order chi connectivity index (χ1) is 11.7. The summed E-state index contributed by atoms with van der Waals surface area (Å²) in [5.74, 6) is 1.01. The molecule has 1 atom stereocenters. The van der Waals surface area contributed by atoms with Crippen molar-refractivity contribution in [3.8, 4) is 0 Å². The van der Waals surface area contributed by atoms with Crippen LogP contribution < -0.4 is 10.6 Å². The predicted octanol–water partition coefficient (Wildman–Crippen LogP) is 1.84. The molecule has 0 bridgehead atoms. The maximum Gasteiger partial charge on any atom is 0.224 e. The summed E-state index contributed by atoms with van der Waals surface area (Å²) in [6.07, 6.45) is 1.20. The quantitative estimate of drug-likeness (QED) is 0.895.